The third-order valence-electron chi connectivity index (χ3n) is 4.47. The number of methoxy groups -OCH3 is 1. The Bertz CT molecular complexity index is 415. The van der Waals surface area contributed by atoms with Crippen molar-refractivity contribution in [2.75, 3.05) is 26.7 Å². The molecule has 104 valence electrons. The van der Waals surface area contributed by atoms with Crippen molar-refractivity contribution in [3.05, 3.63) is 29.8 Å². The van der Waals surface area contributed by atoms with Gasteiger partial charge in [-0.2, -0.15) is 0 Å². The molecule has 3 aliphatic heterocycles. The zero-order chi connectivity index (χ0) is 13.2. The Labute approximate surface area is 120 Å². The Morgan fingerprint density at radius 1 is 1.26 bits per heavy atom. The molecule has 0 spiro atoms. The van der Waals surface area contributed by atoms with Crippen LogP contribution in [-0.2, 0) is 6.54 Å². The number of ether oxygens (including phenoxy) is 1. The molecule has 1 atom stereocenters. The Hall–Kier alpha value is -0.770. The number of nitrogens with zero attached hydrogens (tertiary/aromatic N) is 2. The quantitative estimate of drug-likeness (QED) is 0.789. The maximum atomic E-state index is 6.54. The van der Waals surface area contributed by atoms with Gasteiger partial charge in [0.1, 0.15) is 5.75 Å². The topological polar surface area (TPSA) is 15.7 Å². The average Bonchev–Trinajstić information content (AvgIpc) is 2.49. The normalized spacial score (nSPS) is 29.7. The molecule has 3 nitrogen and oxygen atoms in total. The van der Waals surface area contributed by atoms with Gasteiger partial charge in [-0.15, -0.1) is 0 Å². The van der Waals surface area contributed by atoms with Crippen molar-refractivity contribution in [2.24, 2.45) is 5.92 Å². The van der Waals surface area contributed by atoms with E-state index in [0.29, 0.717) is 6.04 Å². The van der Waals surface area contributed by atoms with Gasteiger partial charge in [-0.25, -0.2) is 4.42 Å². The van der Waals surface area contributed by atoms with Gasteiger partial charge < -0.3 is 9.64 Å². The smallest absolute Gasteiger partial charge is 0.118 e. The standard InChI is InChI=1S/C15H21ClN2O/c1-19-14-4-2-12(3-5-14)10-18(16)15-11-17-8-6-13(15)7-9-17/h2-5,13,15H,6-11H2,1H3. The summed E-state index contributed by atoms with van der Waals surface area (Å²) in [5.74, 6) is 1.67. The van der Waals surface area contributed by atoms with E-state index in [4.69, 9.17) is 16.5 Å². The molecule has 19 heavy (non-hydrogen) atoms. The highest BCUT2D eigenvalue weighted by Gasteiger charge is 2.37. The van der Waals surface area contributed by atoms with Crippen molar-refractivity contribution in [3.63, 3.8) is 0 Å². The molecule has 1 aromatic carbocycles. The van der Waals surface area contributed by atoms with Crippen LogP contribution < -0.4 is 4.74 Å². The molecule has 0 aliphatic carbocycles. The van der Waals surface area contributed by atoms with E-state index in [1.165, 1.54) is 31.5 Å². The third kappa shape index (κ3) is 2.88. The van der Waals surface area contributed by atoms with Crippen LogP contribution >= 0.6 is 11.8 Å². The zero-order valence-corrected chi connectivity index (χ0v) is 12.1. The van der Waals surface area contributed by atoms with E-state index < -0.39 is 0 Å². The van der Waals surface area contributed by atoms with Crippen LogP contribution in [0.3, 0.4) is 0 Å². The van der Waals surface area contributed by atoms with Crippen LogP contribution in [0.5, 0.6) is 5.75 Å². The minimum Gasteiger partial charge on any atom is -0.497 e. The summed E-state index contributed by atoms with van der Waals surface area (Å²) in [4.78, 5) is 2.54. The Morgan fingerprint density at radius 2 is 1.95 bits per heavy atom. The molecule has 0 saturated carbocycles. The Morgan fingerprint density at radius 3 is 2.47 bits per heavy atom. The van der Waals surface area contributed by atoms with Crippen LogP contribution in [0, 0.1) is 5.92 Å². The van der Waals surface area contributed by atoms with Gasteiger partial charge >= 0.3 is 0 Å². The van der Waals surface area contributed by atoms with Crippen molar-refractivity contribution < 1.29 is 4.74 Å². The summed E-state index contributed by atoms with van der Waals surface area (Å²) in [5.41, 5.74) is 1.24. The van der Waals surface area contributed by atoms with Gasteiger partial charge in [-0.05, 0) is 61.3 Å². The fourth-order valence-electron chi connectivity index (χ4n) is 3.27. The van der Waals surface area contributed by atoms with Crippen molar-refractivity contribution in [3.8, 4) is 5.75 Å². The molecule has 0 radical (unpaired) electrons. The molecule has 3 aliphatic rings. The summed E-state index contributed by atoms with van der Waals surface area (Å²) in [6.07, 6.45) is 2.60. The highest BCUT2D eigenvalue weighted by atomic mass is 35.5. The molecule has 4 heteroatoms. The molecular weight excluding hydrogens is 260 g/mol. The summed E-state index contributed by atoms with van der Waals surface area (Å²) in [6.45, 7) is 4.45. The molecule has 4 rings (SSSR count). The molecule has 1 unspecified atom stereocenters. The predicted molar refractivity (Wildman–Crippen MR) is 77.3 cm³/mol. The highest BCUT2D eigenvalue weighted by molar-refractivity contribution is 6.13. The largest absolute Gasteiger partial charge is 0.497 e. The van der Waals surface area contributed by atoms with E-state index in [1.807, 2.05) is 16.6 Å². The van der Waals surface area contributed by atoms with E-state index in [9.17, 15) is 0 Å². The van der Waals surface area contributed by atoms with Crippen LogP contribution in [0.1, 0.15) is 18.4 Å². The van der Waals surface area contributed by atoms with Crippen LogP contribution in [0.15, 0.2) is 24.3 Å². The number of benzene rings is 1. The summed E-state index contributed by atoms with van der Waals surface area (Å²) in [5, 5.41) is 0. The molecule has 1 aromatic rings. The van der Waals surface area contributed by atoms with Crippen LogP contribution in [0.4, 0.5) is 0 Å². The second-order valence-electron chi connectivity index (χ2n) is 5.61. The number of hydrogen-bond acceptors (Lipinski definition) is 3. The van der Waals surface area contributed by atoms with Gasteiger partial charge in [0.2, 0.25) is 0 Å². The number of fused-ring (bicyclic) bond motifs is 3. The number of hydrogen-bond donors (Lipinski definition) is 0. The molecule has 3 fully saturated rings. The molecule has 0 N–H and O–H groups in total. The van der Waals surface area contributed by atoms with Crippen LogP contribution in [0.25, 0.3) is 0 Å². The summed E-state index contributed by atoms with van der Waals surface area (Å²) in [7, 11) is 1.69. The maximum Gasteiger partial charge on any atom is 0.118 e. The first-order chi connectivity index (χ1) is 9.26. The first-order valence-electron chi connectivity index (χ1n) is 7.04. The SMILES string of the molecule is COc1ccc(CN(Cl)C2CN3CCC2CC3)cc1. The molecule has 0 amide bonds. The van der Waals surface area contributed by atoms with Gasteiger partial charge in [-0.1, -0.05) is 12.1 Å². The lowest BCUT2D eigenvalue weighted by Crippen LogP contribution is -2.54. The fraction of sp³-hybridized carbons (Fsp3) is 0.600. The van der Waals surface area contributed by atoms with Crippen molar-refractivity contribution >= 4 is 11.8 Å². The molecular formula is C15H21ClN2O. The summed E-state index contributed by atoms with van der Waals surface area (Å²) in [6, 6.07) is 8.68. The fourth-order valence-corrected chi connectivity index (χ4v) is 3.63. The monoisotopic (exact) mass is 280 g/mol. The first kappa shape index (κ1) is 13.2. The lowest BCUT2D eigenvalue weighted by molar-refractivity contribution is 0.0377. The second kappa shape index (κ2) is 5.70. The minimum atomic E-state index is 0.506. The number of piperidine rings is 3. The Balaban J connectivity index is 1.62. The van der Waals surface area contributed by atoms with Crippen LogP contribution in [0.2, 0.25) is 0 Å². The molecule has 3 saturated heterocycles. The van der Waals surface area contributed by atoms with Crippen LogP contribution in [-0.4, -0.2) is 42.1 Å². The van der Waals surface area contributed by atoms with Crippen molar-refractivity contribution in [1.82, 2.24) is 9.32 Å². The van der Waals surface area contributed by atoms with Gasteiger partial charge in [0.05, 0.1) is 7.11 Å². The maximum absolute atomic E-state index is 6.54. The average molecular weight is 281 g/mol. The van der Waals surface area contributed by atoms with Gasteiger partial charge in [0.25, 0.3) is 0 Å². The van der Waals surface area contributed by atoms with E-state index in [0.717, 1.165) is 24.8 Å². The predicted octanol–water partition coefficient (Wildman–Crippen LogP) is 2.75. The van der Waals surface area contributed by atoms with E-state index in [1.54, 1.807) is 7.11 Å². The second-order valence-corrected chi connectivity index (χ2v) is 6.05. The zero-order valence-electron chi connectivity index (χ0n) is 11.4. The first-order valence-corrected chi connectivity index (χ1v) is 7.38. The van der Waals surface area contributed by atoms with E-state index in [2.05, 4.69) is 17.0 Å². The summed E-state index contributed by atoms with van der Waals surface area (Å²) < 4.78 is 7.19. The van der Waals surface area contributed by atoms with Crippen molar-refractivity contribution in [2.45, 2.75) is 25.4 Å². The number of halogens is 1. The third-order valence-corrected chi connectivity index (χ3v) is 4.84. The molecule has 2 bridgehead atoms. The highest BCUT2D eigenvalue weighted by Crippen LogP contribution is 2.32. The Kier molecular flexibility index (Phi) is 3.96. The molecule has 0 aromatic heterocycles. The number of rotatable bonds is 4. The lowest BCUT2D eigenvalue weighted by Gasteiger charge is -2.47. The van der Waals surface area contributed by atoms with Crippen molar-refractivity contribution in [1.29, 1.82) is 0 Å². The van der Waals surface area contributed by atoms with Gasteiger partial charge in [0.15, 0.2) is 0 Å². The van der Waals surface area contributed by atoms with E-state index >= 15 is 0 Å². The minimum absolute atomic E-state index is 0.506. The van der Waals surface area contributed by atoms with Gasteiger partial charge in [0, 0.05) is 19.1 Å². The van der Waals surface area contributed by atoms with Gasteiger partial charge in [-0.3, -0.25) is 0 Å². The van der Waals surface area contributed by atoms with E-state index in [-0.39, 0.29) is 0 Å². The lowest BCUT2D eigenvalue weighted by atomic mass is 9.84. The summed E-state index contributed by atoms with van der Waals surface area (Å²) >= 11 is 6.54. The molecule has 3 heterocycles.